The number of nitrogens with one attached hydrogen (secondary N) is 1. The van der Waals surface area contributed by atoms with Crippen molar-refractivity contribution in [2.45, 2.75) is 39.0 Å². The van der Waals surface area contributed by atoms with Crippen LogP contribution in [-0.2, 0) is 14.3 Å². The van der Waals surface area contributed by atoms with E-state index in [2.05, 4.69) is 5.32 Å². The van der Waals surface area contributed by atoms with Crippen molar-refractivity contribution in [3.63, 3.8) is 0 Å². The average molecular weight is 368 g/mol. The zero-order valence-corrected chi connectivity index (χ0v) is 15.6. The minimum Gasteiger partial charge on any atom is -0.369 e. The predicted octanol–water partition coefficient (Wildman–Crippen LogP) is 1.73. The molecule has 1 saturated heterocycles. The van der Waals surface area contributed by atoms with Crippen molar-refractivity contribution in [1.29, 1.82) is 0 Å². The Balaban J connectivity index is 1.98. The first-order chi connectivity index (χ1) is 11.8. The average Bonchev–Trinajstić information content (AvgIpc) is 2.59. The molecule has 7 heteroatoms. The quantitative estimate of drug-likeness (QED) is 0.830. The highest BCUT2D eigenvalue weighted by atomic mass is 35.5. The van der Waals surface area contributed by atoms with E-state index in [0.717, 1.165) is 5.56 Å². The number of nitrogens with zero attached hydrogens (tertiary/aromatic N) is 1. The molecule has 2 amide bonds. The van der Waals surface area contributed by atoms with Crippen LogP contribution in [0.25, 0.3) is 0 Å². The molecule has 6 nitrogen and oxygen atoms in total. The summed E-state index contributed by atoms with van der Waals surface area (Å²) < 4.78 is 5.85. The molecule has 2 rings (SSSR count). The molecule has 0 aromatic heterocycles. The Morgan fingerprint density at radius 2 is 2.08 bits per heavy atom. The van der Waals surface area contributed by atoms with E-state index in [0.29, 0.717) is 18.2 Å². The highest BCUT2D eigenvalue weighted by Crippen LogP contribution is 2.29. The van der Waals surface area contributed by atoms with Crippen LogP contribution in [0.4, 0.5) is 0 Å². The molecule has 138 valence electrons. The van der Waals surface area contributed by atoms with E-state index >= 15 is 0 Å². The molecule has 0 bridgehead atoms. The number of hydrogen-bond acceptors (Lipinski definition) is 4. The van der Waals surface area contributed by atoms with Crippen LogP contribution in [0.2, 0.25) is 5.02 Å². The number of halogens is 1. The number of nitrogens with two attached hydrogens (primary N) is 1. The lowest BCUT2D eigenvalue weighted by Gasteiger charge is -2.38. The van der Waals surface area contributed by atoms with Crippen LogP contribution in [0.3, 0.4) is 0 Å². The normalized spacial score (nSPS) is 21.9. The van der Waals surface area contributed by atoms with Crippen LogP contribution in [-0.4, -0.2) is 48.5 Å². The molecule has 0 saturated carbocycles. The molecule has 1 fully saturated rings. The summed E-state index contributed by atoms with van der Waals surface area (Å²) in [7, 11) is 0. The van der Waals surface area contributed by atoms with Gasteiger partial charge in [0.15, 0.2) is 0 Å². The molecule has 3 N–H and O–H groups in total. The number of carbonyl (C=O) groups is 2. The van der Waals surface area contributed by atoms with E-state index in [1.807, 2.05) is 39.0 Å². The number of carbonyl (C=O) groups excluding carboxylic acids is 2. The summed E-state index contributed by atoms with van der Waals surface area (Å²) in [5.41, 5.74) is 6.66. The highest BCUT2D eigenvalue weighted by Gasteiger charge is 2.31. The maximum Gasteiger partial charge on any atom is 0.242 e. The van der Waals surface area contributed by atoms with Gasteiger partial charge in [0.05, 0.1) is 31.8 Å². The molecular formula is C18H26ClN3O3. The fraction of sp³-hybridized carbons (Fsp3) is 0.556. The first-order valence-electron chi connectivity index (χ1n) is 8.50. The molecule has 0 aliphatic carbocycles. The van der Waals surface area contributed by atoms with Crippen LogP contribution in [0.1, 0.15) is 32.4 Å². The first-order valence-corrected chi connectivity index (χ1v) is 8.87. The number of ether oxygens (including phenoxy) is 1. The number of rotatable bonds is 5. The van der Waals surface area contributed by atoms with E-state index in [4.69, 9.17) is 22.1 Å². The number of hydrogen-bond donors (Lipinski definition) is 2. The molecule has 25 heavy (non-hydrogen) atoms. The van der Waals surface area contributed by atoms with Gasteiger partial charge < -0.3 is 20.7 Å². The third kappa shape index (κ3) is 4.93. The molecule has 1 heterocycles. The predicted molar refractivity (Wildman–Crippen MR) is 97.1 cm³/mol. The Morgan fingerprint density at radius 3 is 2.72 bits per heavy atom. The smallest absolute Gasteiger partial charge is 0.242 e. The fourth-order valence-corrected chi connectivity index (χ4v) is 2.97. The summed E-state index contributed by atoms with van der Waals surface area (Å²) in [6.07, 6.45) is -0.275. The SMILES string of the molecule is CC(C)[C@H](N)C(=O)NCC(=O)N1CC(c2ccccc2Cl)OCC1C. The van der Waals surface area contributed by atoms with Crippen LogP contribution in [0.5, 0.6) is 0 Å². The molecule has 1 aliphatic heterocycles. The van der Waals surface area contributed by atoms with Crippen molar-refractivity contribution >= 4 is 23.4 Å². The molecule has 0 spiro atoms. The maximum atomic E-state index is 12.5. The summed E-state index contributed by atoms with van der Waals surface area (Å²) >= 11 is 6.23. The van der Waals surface area contributed by atoms with Crippen LogP contribution < -0.4 is 11.1 Å². The number of morpholine rings is 1. The lowest BCUT2D eigenvalue weighted by Crippen LogP contribution is -2.53. The summed E-state index contributed by atoms with van der Waals surface area (Å²) in [4.78, 5) is 26.2. The second-order valence-electron chi connectivity index (χ2n) is 6.73. The molecular weight excluding hydrogens is 342 g/mol. The van der Waals surface area contributed by atoms with Crippen molar-refractivity contribution in [2.75, 3.05) is 19.7 Å². The molecule has 1 aliphatic rings. The third-order valence-electron chi connectivity index (χ3n) is 4.44. The Kier molecular flexibility index (Phi) is 6.81. The van der Waals surface area contributed by atoms with Crippen molar-refractivity contribution < 1.29 is 14.3 Å². The van der Waals surface area contributed by atoms with E-state index < -0.39 is 6.04 Å². The molecule has 1 aromatic carbocycles. The van der Waals surface area contributed by atoms with Gasteiger partial charge in [-0.3, -0.25) is 9.59 Å². The standard InChI is InChI=1S/C18H26ClN3O3/c1-11(2)17(20)18(24)21-8-16(23)22-9-15(25-10-12(22)3)13-6-4-5-7-14(13)19/h4-7,11-12,15,17H,8-10,20H2,1-3H3,(H,21,24)/t12?,15?,17-/m0/s1. The zero-order chi connectivity index (χ0) is 18.6. The Morgan fingerprint density at radius 1 is 1.40 bits per heavy atom. The monoisotopic (exact) mass is 367 g/mol. The van der Waals surface area contributed by atoms with Gasteiger partial charge in [-0.25, -0.2) is 0 Å². The molecule has 3 atom stereocenters. The van der Waals surface area contributed by atoms with Gasteiger partial charge in [-0.15, -0.1) is 0 Å². The van der Waals surface area contributed by atoms with Crippen molar-refractivity contribution in [3.8, 4) is 0 Å². The second-order valence-corrected chi connectivity index (χ2v) is 7.13. The lowest BCUT2D eigenvalue weighted by molar-refractivity contribution is -0.144. The van der Waals surface area contributed by atoms with Gasteiger partial charge in [0.2, 0.25) is 11.8 Å². The van der Waals surface area contributed by atoms with E-state index in [1.54, 1.807) is 11.0 Å². The fourth-order valence-electron chi connectivity index (χ4n) is 2.71. The number of amides is 2. The molecule has 1 aromatic rings. The van der Waals surface area contributed by atoms with Crippen LogP contribution >= 0.6 is 11.6 Å². The van der Waals surface area contributed by atoms with Crippen LogP contribution in [0.15, 0.2) is 24.3 Å². The van der Waals surface area contributed by atoms with Gasteiger partial charge in [-0.05, 0) is 18.9 Å². The van der Waals surface area contributed by atoms with Gasteiger partial charge in [-0.2, -0.15) is 0 Å². The summed E-state index contributed by atoms with van der Waals surface area (Å²) in [6, 6.07) is 6.76. The van der Waals surface area contributed by atoms with E-state index in [9.17, 15) is 9.59 Å². The van der Waals surface area contributed by atoms with Crippen LogP contribution in [0, 0.1) is 5.92 Å². The maximum absolute atomic E-state index is 12.5. The van der Waals surface area contributed by atoms with E-state index in [-0.39, 0.29) is 36.4 Å². The van der Waals surface area contributed by atoms with Gasteiger partial charge in [0.1, 0.15) is 6.10 Å². The molecule has 2 unspecified atom stereocenters. The van der Waals surface area contributed by atoms with E-state index in [1.165, 1.54) is 0 Å². The molecule has 0 radical (unpaired) electrons. The summed E-state index contributed by atoms with van der Waals surface area (Å²) in [6.45, 7) is 6.40. The number of benzene rings is 1. The second kappa shape index (κ2) is 8.65. The zero-order valence-electron chi connectivity index (χ0n) is 14.9. The Labute approximate surface area is 153 Å². The summed E-state index contributed by atoms with van der Waals surface area (Å²) in [5, 5.41) is 3.24. The first kappa shape index (κ1) is 19.7. The van der Waals surface area contributed by atoms with Gasteiger partial charge in [0.25, 0.3) is 0 Å². The minimum atomic E-state index is -0.620. The third-order valence-corrected chi connectivity index (χ3v) is 4.78. The van der Waals surface area contributed by atoms with Crippen molar-refractivity contribution in [2.24, 2.45) is 11.7 Å². The Bertz CT molecular complexity index is 623. The Hall–Kier alpha value is -1.63. The minimum absolute atomic E-state index is 0.0158. The topological polar surface area (TPSA) is 84.7 Å². The van der Waals surface area contributed by atoms with Crippen molar-refractivity contribution in [1.82, 2.24) is 10.2 Å². The summed E-state index contributed by atoms with van der Waals surface area (Å²) in [5.74, 6) is -0.453. The highest BCUT2D eigenvalue weighted by molar-refractivity contribution is 6.31. The van der Waals surface area contributed by atoms with Gasteiger partial charge >= 0.3 is 0 Å². The van der Waals surface area contributed by atoms with Gasteiger partial charge in [0, 0.05) is 10.6 Å². The largest absolute Gasteiger partial charge is 0.369 e. The van der Waals surface area contributed by atoms with Crippen molar-refractivity contribution in [3.05, 3.63) is 34.9 Å². The lowest BCUT2D eigenvalue weighted by atomic mass is 10.0. The van der Waals surface area contributed by atoms with Gasteiger partial charge in [-0.1, -0.05) is 43.6 Å².